The van der Waals surface area contributed by atoms with Gasteiger partial charge < -0.3 is 21.2 Å². The summed E-state index contributed by atoms with van der Waals surface area (Å²) in [6.07, 6.45) is 3.18. The van der Waals surface area contributed by atoms with E-state index < -0.39 is 11.9 Å². The SMILES string of the molecule is C/C=C/SC(N)=NC(=O)c1cc(Sc2ncc(C(=O)OCC)[nH]2)ccc1N. The molecule has 10 heteroatoms. The van der Waals surface area contributed by atoms with Crippen LogP contribution in [0.5, 0.6) is 0 Å². The van der Waals surface area contributed by atoms with Crippen LogP contribution in [0.3, 0.4) is 0 Å². The van der Waals surface area contributed by atoms with Crippen LogP contribution in [0.25, 0.3) is 0 Å². The number of anilines is 1. The minimum absolute atomic E-state index is 0.126. The summed E-state index contributed by atoms with van der Waals surface area (Å²) in [6, 6.07) is 4.95. The number of amides is 1. The maximum atomic E-state index is 12.3. The van der Waals surface area contributed by atoms with E-state index in [1.54, 1.807) is 36.6 Å². The fourth-order valence-electron chi connectivity index (χ4n) is 1.89. The van der Waals surface area contributed by atoms with Crippen LogP contribution in [0.2, 0.25) is 0 Å². The van der Waals surface area contributed by atoms with Crippen LogP contribution in [-0.4, -0.2) is 33.6 Å². The Labute approximate surface area is 164 Å². The molecule has 1 aromatic carbocycles. The number of nitrogens with one attached hydrogen (secondary N) is 1. The first-order valence-electron chi connectivity index (χ1n) is 7.90. The summed E-state index contributed by atoms with van der Waals surface area (Å²) >= 11 is 2.38. The number of aromatic amines is 1. The number of carbonyl (C=O) groups is 2. The molecule has 1 heterocycles. The normalized spacial score (nSPS) is 11.7. The first-order chi connectivity index (χ1) is 12.9. The van der Waals surface area contributed by atoms with E-state index in [1.165, 1.54) is 18.0 Å². The number of imidazole rings is 1. The summed E-state index contributed by atoms with van der Waals surface area (Å²) in [4.78, 5) is 35.5. The van der Waals surface area contributed by atoms with Crippen LogP contribution in [0.4, 0.5) is 5.69 Å². The molecule has 1 amide bonds. The molecule has 0 saturated carbocycles. The van der Waals surface area contributed by atoms with Gasteiger partial charge in [-0.15, -0.1) is 0 Å². The van der Waals surface area contributed by atoms with E-state index >= 15 is 0 Å². The number of ether oxygens (including phenoxy) is 1. The Morgan fingerprint density at radius 2 is 2.19 bits per heavy atom. The third kappa shape index (κ3) is 5.90. The molecule has 0 unspecified atom stereocenters. The Kier molecular flexibility index (Phi) is 7.50. The highest BCUT2D eigenvalue weighted by Crippen LogP contribution is 2.28. The van der Waals surface area contributed by atoms with Gasteiger partial charge in [-0.25, -0.2) is 9.78 Å². The van der Waals surface area contributed by atoms with Gasteiger partial charge in [-0.1, -0.05) is 29.6 Å². The van der Waals surface area contributed by atoms with Crippen molar-refractivity contribution in [3.63, 3.8) is 0 Å². The van der Waals surface area contributed by atoms with Crippen LogP contribution < -0.4 is 11.5 Å². The summed E-state index contributed by atoms with van der Waals surface area (Å²) in [5, 5.41) is 2.33. The molecule has 0 aliphatic carbocycles. The van der Waals surface area contributed by atoms with Crippen molar-refractivity contribution in [3.05, 3.63) is 47.1 Å². The van der Waals surface area contributed by atoms with Crippen molar-refractivity contribution in [1.82, 2.24) is 9.97 Å². The second kappa shape index (κ2) is 9.83. The van der Waals surface area contributed by atoms with E-state index in [2.05, 4.69) is 15.0 Å². The zero-order valence-electron chi connectivity index (χ0n) is 14.8. The molecule has 0 spiro atoms. The van der Waals surface area contributed by atoms with Gasteiger partial charge in [0.15, 0.2) is 10.3 Å². The molecule has 0 saturated heterocycles. The Morgan fingerprint density at radius 3 is 2.89 bits per heavy atom. The predicted octanol–water partition coefficient (Wildman–Crippen LogP) is 3.04. The summed E-state index contributed by atoms with van der Waals surface area (Å²) in [5.41, 5.74) is 12.4. The van der Waals surface area contributed by atoms with E-state index in [9.17, 15) is 9.59 Å². The van der Waals surface area contributed by atoms with Crippen LogP contribution in [0.15, 0.2) is 50.9 Å². The molecule has 0 aliphatic heterocycles. The van der Waals surface area contributed by atoms with Crippen molar-refractivity contribution >= 4 is 46.3 Å². The van der Waals surface area contributed by atoms with Crippen molar-refractivity contribution in [3.8, 4) is 0 Å². The molecule has 0 fully saturated rings. The smallest absolute Gasteiger partial charge is 0.356 e. The molecular formula is C17H19N5O3S2. The monoisotopic (exact) mass is 405 g/mol. The highest BCUT2D eigenvalue weighted by atomic mass is 32.2. The number of aromatic nitrogens is 2. The van der Waals surface area contributed by atoms with Crippen LogP contribution in [0.1, 0.15) is 34.7 Å². The number of esters is 1. The summed E-state index contributed by atoms with van der Waals surface area (Å²) in [6.45, 7) is 3.84. The number of rotatable bonds is 6. The zero-order chi connectivity index (χ0) is 19.8. The summed E-state index contributed by atoms with van der Waals surface area (Å²) < 4.78 is 4.91. The summed E-state index contributed by atoms with van der Waals surface area (Å²) in [5.74, 6) is -1.01. The molecule has 2 aromatic rings. The number of aliphatic imine (C=N–C) groups is 1. The lowest BCUT2D eigenvalue weighted by molar-refractivity contribution is 0.0519. The fraction of sp³-hybridized carbons (Fsp3) is 0.176. The lowest BCUT2D eigenvalue weighted by Gasteiger charge is -2.05. The minimum Gasteiger partial charge on any atom is -0.461 e. The van der Waals surface area contributed by atoms with Crippen LogP contribution >= 0.6 is 23.5 Å². The highest BCUT2D eigenvalue weighted by molar-refractivity contribution is 8.16. The number of nitrogen functional groups attached to an aromatic ring is 1. The first-order valence-corrected chi connectivity index (χ1v) is 9.60. The van der Waals surface area contributed by atoms with Crippen molar-refractivity contribution in [2.24, 2.45) is 10.7 Å². The Bertz CT molecular complexity index is 892. The maximum absolute atomic E-state index is 12.3. The molecule has 8 nitrogen and oxygen atoms in total. The van der Waals surface area contributed by atoms with Gasteiger partial charge in [0.25, 0.3) is 5.91 Å². The summed E-state index contributed by atoms with van der Waals surface area (Å²) in [7, 11) is 0. The fourth-order valence-corrected chi connectivity index (χ4v) is 3.10. The number of amidine groups is 1. The van der Waals surface area contributed by atoms with Gasteiger partial charge in [-0.2, -0.15) is 4.99 Å². The van der Waals surface area contributed by atoms with Gasteiger partial charge in [-0.05, 0) is 37.5 Å². The predicted molar refractivity (Wildman–Crippen MR) is 108 cm³/mol. The number of carbonyl (C=O) groups excluding carboxylic acids is 2. The zero-order valence-corrected chi connectivity index (χ0v) is 16.4. The number of benzene rings is 1. The molecular weight excluding hydrogens is 386 g/mol. The van der Waals surface area contributed by atoms with Crippen LogP contribution in [-0.2, 0) is 4.74 Å². The number of hydrogen-bond donors (Lipinski definition) is 3. The Hall–Kier alpha value is -2.72. The van der Waals surface area contributed by atoms with Gasteiger partial charge in [0, 0.05) is 10.6 Å². The molecule has 5 N–H and O–H groups in total. The third-order valence-electron chi connectivity index (χ3n) is 3.05. The van der Waals surface area contributed by atoms with E-state index in [0.717, 1.165) is 11.8 Å². The van der Waals surface area contributed by atoms with Crippen molar-refractivity contribution in [2.45, 2.75) is 23.9 Å². The average Bonchev–Trinajstić information content (AvgIpc) is 3.10. The lowest BCUT2D eigenvalue weighted by atomic mass is 10.2. The van der Waals surface area contributed by atoms with Gasteiger partial charge in [0.05, 0.1) is 18.4 Å². The molecule has 0 bridgehead atoms. The van der Waals surface area contributed by atoms with Gasteiger partial charge in [0.2, 0.25) is 0 Å². The minimum atomic E-state index is -0.531. The molecule has 0 radical (unpaired) electrons. The third-order valence-corrected chi connectivity index (χ3v) is 4.69. The lowest BCUT2D eigenvalue weighted by Crippen LogP contribution is -2.10. The highest BCUT2D eigenvalue weighted by Gasteiger charge is 2.14. The molecule has 0 atom stereocenters. The standard InChI is InChI=1S/C17H19N5O3S2/c1-3-7-26-16(19)22-14(23)11-8-10(5-6-12(11)18)27-17-20-9-13(21-17)15(24)25-4-2/h3,5-9H,4,18H2,1-2H3,(H,20,21)(H2,19,22,23)/b7-3+. The number of H-pyrrole nitrogens is 1. The number of hydrogen-bond acceptors (Lipinski definition) is 7. The second-order valence-corrected chi connectivity index (χ2v) is 7.00. The molecule has 1 aromatic heterocycles. The topological polar surface area (TPSA) is 136 Å². The van der Waals surface area contributed by atoms with E-state index in [0.29, 0.717) is 15.7 Å². The first kappa shape index (κ1) is 20.6. The van der Waals surface area contributed by atoms with Crippen molar-refractivity contribution in [2.75, 3.05) is 12.3 Å². The van der Waals surface area contributed by atoms with E-state index in [-0.39, 0.29) is 23.0 Å². The number of nitrogens with two attached hydrogens (primary N) is 2. The average molecular weight is 406 g/mol. The van der Waals surface area contributed by atoms with Gasteiger partial charge in [0.1, 0.15) is 5.69 Å². The Morgan fingerprint density at radius 1 is 1.41 bits per heavy atom. The van der Waals surface area contributed by atoms with Crippen LogP contribution in [0, 0.1) is 0 Å². The van der Waals surface area contributed by atoms with E-state index in [1.807, 2.05) is 6.92 Å². The second-order valence-electron chi connectivity index (χ2n) is 5.02. The maximum Gasteiger partial charge on any atom is 0.356 e. The number of thioether (sulfide) groups is 1. The van der Waals surface area contributed by atoms with Crippen molar-refractivity contribution < 1.29 is 14.3 Å². The molecule has 27 heavy (non-hydrogen) atoms. The quantitative estimate of drug-likeness (QED) is 0.289. The molecule has 142 valence electrons. The number of allylic oxidation sites excluding steroid dienone is 1. The van der Waals surface area contributed by atoms with Gasteiger partial charge >= 0.3 is 5.97 Å². The number of nitrogens with zero attached hydrogens (tertiary/aromatic N) is 2. The molecule has 0 aliphatic rings. The van der Waals surface area contributed by atoms with Gasteiger partial charge in [-0.3, -0.25) is 4.79 Å². The van der Waals surface area contributed by atoms with Crippen molar-refractivity contribution in [1.29, 1.82) is 0 Å². The van der Waals surface area contributed by atoms with E-state index in [4.69, 9.17) is 16.2 Å². The Balaban J connectivity index is 2.17. The molecule has 2 rings (SSSR count). The largest absolute Gasteiger partial charge is 0.461 e.